The Balaban J connectivity index is 2.84. The first kappa shape index (κ1) is 13.7. The van der Waals surface area contributed by atoms with Crippen LogP contribution in [0.15, 0.2) is 24.3 Å². The first-order valence-electron chi connectivity index (χ1n) is 5.99. The zero-order valence-electron chi connectivity index (χ0n) is 11.2. The summed E-state index contributed by atoms with van der Waals surface area (Å²) in [6.07, 6.45) is 0.356. The van der Waals surface area contributed by atoms with E-state index in [0.29, 0.717) is 13.0 Å². The fourth-order valence-corrected chi connectivity index (χ4v) is 1.71. The van der Waals surface area contributed by atoms with Crippen LogP contribution in [0.4, 0.5) is 5.69 Å². The van der Waals surface area contributed by atoms with Crippen molar-refractivity contribution in [2.75, 3.05) is 11.4 Å². The highest BCUT2D eigenvalue weighted by Crippen LogP contribution is 2.17. The van der Waals surface area contributed by atoms with E-state index in [-0.39, 0.29) is 5.91 Å². The Hall–Kier alpha value is -1.35. The second-order valence-electron chi connectivity index (χ2n) is 5.14. The first-order valence-corrected chi connectivity index (χ1v) is 5.99. The Kier molecular flexibility index (Phi) is 4.29. The maximum atomic E-state index is 12.1. The van der Waals surface area contributed by atoms with E-state index in [4.69, 9.17) is 5.73 Å². The molecule has 0 saturated heterocycles. The van der Waals surface area contributed by atoms with Gasteiger partial charge in [0.05, 0.1) is 0 Å². The number of carbonyl (C=O) groups excluding carboxylic acids is 1. The summed E-state index contributed by atoms with van der Waals surface area (Å²) in [6.45, 7) is 8.41. The highest BCUT2D eigenvalue weighted by Gasteiger charge is 2.21. The van der Waals surface area contributed by atoms with Gasteiger partial charge in [-0.05, 0) is 39.8 Å². The zero-order valence-corrected chi connectivity index (χ0v) is 11.2. The van der Waals surface area contributed by atoms with Crippen molar-refractivity contribution >= 4 is 11.6 Å². The van der Waals surface area contributed by atoms with Gasteiger partial charge in [0.25, 0.3) is 0 Å². The average Bonchev–Trinajstić information content (AvgIpc) is 2.19. The van der Waals surface area contributed by atoms with Crippen LogP contribution in [-0.2, 0) is 4.79 Å². The van der Waals surface area contributed by atoms with Crippen molar-refractivity contribution in [3.05, 3.63) is 29.8 Å². The molecule has 0 bridgehead atoms. The number of nitrogens with two attached hydrogens (primary N) is 1. The fraction of sp³-hybridized carbons (Fsp3) is 0.500. The van der Waals surface area contributed by atoms with Crippen LogP contribution in [0.5, 0.6) is 0 Å². The van der Waals surface area contributed by atoms with E-state index in [0.717, 1.165) is 5.69 Å². The van der Waals surface area contributed by atoms with Crippen molar-refractivity contribution in [3.8, 4) is 0 Å². The van der Waals surface area contributed by atoms with E-state index in [2.05, 4.69) is 0 Å². The van der Waals surface area contributed by atoms with Gasteiger partial charge < -0.3 is 10.6 Å². The number of aryl methyl sites for hydroxylation is 1. The lowest BCUT2D eigenvalue weighted by molar-refractivity contribution is -0.119. The molecule has 2 N–H and O–H groups in total. The molecular formula is C14H22N2O. The molecule has 1 aromatic rings. The number of benzene rings is 1. The molecule has 0 heterocycles. The minimum atomic E-state index is -0.463. The largest absolute Gasteiger partial charge is 0.325 e. The Morgan fingerprint density at radius 3 is 2.24 bits per heavy atom. The van der Waals surface area contributed by atoms with E-state index in [9.17, 15) is 4.79 Å². The zero-order chi connectivity index (χ0) is 13.1. The molecule has 1 amide bonds. The van der Waals surface area contributed by atoms with Crippen LogP contribution in [0.2, 0.25) is 0 Å². The van der Waals surface area contributed by atoms with Gasteiger partial charge in [-0.1, -0.05) is 17.7 Å². The Labute approximate surface area is 104 Å². The number of rotatable bonds is 4. The average molecular weight is 234 g/mol. The summed E-state index contributed by atoms with van der Waals surface area (Å²) in [5.41, 5.74) is 7.55. The molecular weight excluding hydrogens is 212 g/mol. The number of anilines is 1. The molecule has 0 saturated carbocycles. The van der Waals surface area contributed by atoms with Crippen LogP contribution in [0.1, 0.15) is 32.8 Å². The topological polar surface area (TPSA) is 46.3 Å². The Morgan fingerprint density at radius 2 is 1.82 bits per heavy atom. The van der Waals surface area contributed by atoms with Crippen LogP contribution in [0.3, 0.4) is 0 Å². The van der Waals surface area contributed by atoms with Crippen molar-refractivity contribution in [3.63, 3.8) is 0 Å². The second kappa shape index (κ2) is 5.32. The normalized spacial score (nSPS) is 11.4. The van der Waals surface area contributed by atoms with Gasteiger partial charge in [-0.15, -0.1) is 0 Å². The lowest BCUT2D eigenvalue weighted by Crippen LogP contribution is -2.41. The summed E-state index contributed by atoms with van der Waals surface area (Å²) in [5.74, 6) is 0.0730. The monoisotopic (exact) mass is 234 g/mol. The van der Waals surface area contributed by atoms with Crippen LogP contribution in [0.25, 0.3) is 0 Å². The van der Waals surface area contributed by atoms with Crippen molar-refractivity contribution in [2.45, 2.75) is 39.7 Å². The SMILES string of the molecule is CCN(C(=O)CC(C)(C)N)c1ccc(C)cc1. The number of hydrogen-bond acceptors (Lipinski definition) is 2. The van der Waals surface area contributed by atoms with E-state index >= 15 is 0 Å². The minimum absolute atomic E-state index is 0.0730. The van der Waals surface area contributed by atoms with E-state index in [1.807, 2.05) is 52.0 Å². The van der Waals surface area contributed by atoms with Crippen molar-refractivity contribution in [1.82, 2.24) is 0 Å². The maximum Gasteiger partial charge on any atom is 0.228 e. The molecule has 1 rings (SSSR count). The lowest BCUT2D eigenvalue weighted by atomic mass is 10.0. The number of hydrogen-bond donors (Lipinski definition) is 1. The summed E-state index contributed by atoms with van der Waals surface area (Å²) in [5, 5.41) is 0. The third kappa shape index (κ3) is 4.19. The molecule has 0 unspecified atom stereocenters. The van der Waals surface area contributed by atoms with Gasteiger partial charge in [-0.3, -0.25) is 4.79 Å². The van der Waals surface area contributed by atoms with Gasteiger partial charge in [0.15, 0.2) is 0 Å². The molecule has 0 atom stereocenters. The summed E-state index contributed by atoms with van der Waals surface area (Å²) in [4.78, 5) is 13.9. The van der Waals surface area contributed by atoms with Gasteiger partial charge in [-0.2, -0.15) is 0 Å². The molecule has 3 heteroatoms. The lowest BCUT2D eigenvalue weighted by Gasteiger charge is -2.25. The number of nitrogens with zero attached hydrogens (tertiary/aromatic N) is 1. The van der Waals surface area contributed by atoms with Gasteiger partial charge in [0.1, 0.15) is 0 Å². The third-order valence-corrected chi connectivity index (χ3v) is 2.57. The predicted molar refractivity (Wildman–Crippen MR) is 72.1 cm³/mol. The first-order chi connectivity index (χ1) is 7.83. The Morgan fingerprint density at radius 1 is 1.29 bits per heavy atom. The summed E-state index contributed by atoms with van der Waals surface area (Å²) < 4.78 is 0. The summed E-state index contributed by atoms with van der Waals surface area (Å²) >= 11 is 0. The molecule has 94 valence electrons. The van der Waals surface area contributed by atoms with Gasteiger partial charge >= 0.3 is 0 Å². The van der Waals surface area contributed by atoms with Crippen LogP contribution >= 0.6 is 0 Å². The third-order valence-electron chi connectivity index (χ3n) is 2.57. The minimum Gasteiger partial charge on any atom is -0.325 e. The molecule has 0 radical (unpaired) electrons. The number of carbonyl (C=O) groups is 1. The van der Waals surface area contributed by atoms with E-state index in [1.54, 1.807) is 4.90 Å². The smallest absolute Gasteiger partial charge is 0.228 e. The van der Waals surface area contributed by atoms with Crippen molar-refractivity contribution in [1.29, 1.82) is 0 Å². The van der Waals surface area contributed by atoms with Crippen molar-refractivity contribution < 1.29 is 4.79 Å². The highest BCUT2D eigenvalue weighted by atomic mass is 16.2. The quantitative estimate of drug-likeness (QED) is 0.870. The molecule has 0 spiro atoms. The standard InChI is InChI=1S/C14H22N2O/c1-5-16(13(17)10-14(3,4)15)12-8-6-11(2)7-9-12/h6-9H,5,10,15H2,1-4H3. The summed E-state index contributed by atoms with van der Waals surface area (Å²) in [6, 6.07) is 7.97. The van der Waals surface area contributed by atoms with Crippen LogP contribution < -0.4 is 10.6 Å². The molecule has 0 aromatic heterocycles. The molecule has 0 aliphatic heterocycles. The number of amides is 1. The van der Waals surface area contributed by atoms with Gasteiger partial charge in [0.2, 0.25) is 5.91 Å². The molecule has 0 aliphatic carbocycles. The van der Waals surface area contributed by atoms with E-state index < -0.39 is 5.54 Å². The molecule has 17 heavy (non-hydrogen) atoms. The molecule has 0 aliphatic rings. The molecule has 3 nitrogen and oxygen atoms in total. The van der Waals surface area contributed by atoms with Gasteiger partial charge in [0, 0.05) is 24.2 Å². The van der Waals surface area contributed by atoms with Crippen molar-refractivity contribution in [2.24, 2.45) is 5.73 Å². The van der Waals surface area contributed by atoms with Crippen LogP contribution in [0, 0.1) is 6.92 Å². The highest BCUT2D eigenvalue weighted by molar-refractivity contribution is 5.93. The second-order valence-corrected chi connectivity index (χ2v) is 5.14. The van der Waals surface area contributed by atoms with E-state index in [1.165, 1.54) is 5.56 Å². The summed E-state index contributed by atoms with van der Waals surface area (Å²) in [7, 11) is 0. The maximum absolute atomic E-state index is 12.1. The van der Waals surface area contributed by atoms with Gasteiger partial charge in [-0.25, -0.2) is 0 Å². The Bertz CT molecular complexity index is 376. The molecule has 0 fully saturated rings. The van der Waals surface area contributed by atoms with Crippen LogP contribution in [-0.4, -0.2) is 18.0 Å². The fourth-order valence-electron chi connectivity index (χ4n) is 1.71. The molecule has 1 aromatic carbocycles. The predicted octanol–water partition coefficient (Wildman–Crippen LogP) is 2.48.